The smallest absolute Gasteiger partial charge is 0.542 e. The number of carbonyl (C=O) groups excluding carboxylic acids is 1. The quantitative estimate of drug-likeness (QED) is 0.389. The van der Waals surface area contributed by atoms with Crippen molar-refractivity contribution in [1.82, 2.24) is 0 Å². The Morgan fingerprint density at radius 1 is 1.09 bits per heavy atom. The van der Waals surface area contributed by atoms with E-state index in [9.17, 15) is 9.90 Å². The van der Waals surface area contributed by atoms with Crippen molar-refractivity contribution >= 4 is 12.0 Å². The van der Waals surface area contributed by atoms with Crippen LogP contribution < -0.4 is 61.2 Å². The number of methoxy groups -OCH3 is 1. The molecule has 0 N–H and O–H groups in total. The molecule has 2 aromatic rings. The average Bonchev–Trinajstić information content (AvgIpc) is 2.52. The molecule has 0 saturated heterocycles. The largest absolute Gasteiger partial charge is 1.00 e. The van der Waals surface area contributed by atoms with E-state index < -0.39 is 5.97 Å². The summed E-state index contributed by atoms with van der Waals surface area (Å²) in [5.41, 5.74) is 1.78. The van der Waals surface area contributed by atoms with Gasteiger partial charge in [0.1, 0.15) is 24.1 Å². The van der Waals surface area contributed by atoms with Crippen molar-refractivity contribution in [2.75, 3.05) is 7.11 Å². The van der Waals surface area contributed by atoms with E-state index in [-0.39, 0.29) is 57.1 Å². The van der Waals surface area contributed by atoms with Gasteiger partial charge in [0.25, 0.3) is 0 Å². The standard InChI is InChI=1S/C17H16O4.K/c1-20-16(17(18)19)11-13-7-9-15(10-8-13)21-12-14-5-3-2-4-6-14;/h2-11H,12H2,1H3,(H,18,19);/q;+1/p-1/b16-11-;. The maximum absolute atomic E-state index is 10.7. The number of carboxylic acids is 1. The van der Waals surface area contributed by atoms with Crippen molar-refractivity contribution in [3.8, 4) is 5.75 Å². The molecule has 22 heavy (non-hydrogen) atoms. The van der Waals surface area contributed by atoms with Crippen molar-refractivity contribution in [3.05, 3.63) is 71.5 Å². The summed E-state index contributed by atoms with van der Waals surface area (Å²) in [6.07, 6.45) is 1.40. The summed E-state index contributed by atoms with van der Waals surface area (Å²) in [6.45, 7) is 0.485. The van der Waals surface area contributed by atoms with Gasteiger partial charge in [-0.3, -0.25) is 0 Å². The van der Waals surface area contributed by atoms with Gasteiger partial charge in [0.15, 0.2) is 0 Å². The van der Waals surface area contributed by atoms with E-state index in [4.69, 9.17) is 9.47 Å². The Balaban J connectivity index is 0.00000242. The van der Waals surface area contributed by atoms with Crippen LogP contribution in [0.1, 0.15) is 11.1 Å². The molecule has 0 radical (unpaired) electrons. The second-order valence-electron chi connectivity index (χ2n) is 4.34. The van der Waals surface area contributed by atoms with Crippen LogP contribution in [0, 0.1) is 0 Å². The molecule has 108 valence electrons. The van der Waals surface area contributed by atoms with Gasteiger partial charge in [0, 0.05) is 0 Å². The summed E-state index contributed by atoms with van der Waals surface area (Å²) in [7, 11) is 1.29. The fraction of sp³-hybridized carbons (Fsp3) is 0.118. The molecule has 0 fully saturated rings. The van der Waals surface area contributed by atoms with E-state index in [0.717, 1.165) is 5.56 Å². The molecule has 4 nitrogen and oxygen atoms in total. The Labute approximate surface area is 172 Å². The number of hydrogen-bond acceptors (Lipinski definition) is 4. The fourth-order valence-electron chi connectivity index (χ4n) is 1.75. The van der Waals surface area contributed by atoms with Crippen LogP contribution in [0.25, 0.3) is 6.08 Å². The van der Waals surface area contributed by atoms with E-state index >= 15 is 0 Å². The summed E-state index contributed by atoms with van der Waals surface area (Å²) in [5, 5.41) is 10.7. The zero-order valence-corrected chi connectivity index (χ0v) is 15.7. The van der Waals surface area contributed by atoms with Crippen molar-refractivity contribution in [2.24, 2.45) is 0 Å². The third kappa shape index (κ3) is 5.94. The number of rotatable bonds is 6. The number of aliphatic carboxylic acids is 1. The van der Waals surface area contributed by atoms with Gasteiger partial charge in [-0.1, -0.05) is 42.5 Å². The first-order chi connectivity index (χ1) is 10.2. The third-order valence-electron chi connectivity index (χ3n) is 2.85. The summed E-state index contributed by atoms with van der Waals surface area (Å²) in [6, 6.07) is 16.9. The molecule has 0 bridgehead atoms. The van der Waals surface area contributed by atoms with Gasteiger partial charge >= 0.3 is 51.4 Å². The molecule has 0 atom stereocenters. The van der Waals surface area contributed by atoms with Crippen molar-refractivity contribution in [3.63, 3.8) is 0 Å². The molecule has 0 spiro atoms. The van der Waals surface area contributed by atoms with Gasteiger partial charge in [-0.15, -0.1) is 0 Å². The predicted octanol–water partition coefficient (Wildman–Crippen LogP) is -0.993. The number of benzene rings is 2. The molecule has 0 aliphatic carbocycles. The van der Waals surface area contributed by atoms with Gasteiger partial charge in [-0.25, -0.2) is 0 Å². The zero-order valence-electron chi connectivity index (χ0n) is 12.6. The van der Waals surface area contributed by atoms with Crippen LogP contribution in [0.2, 0.25) is 0 Å². The van der Waals surface area contributed by atoms with Crippen LogP contribution in [0.4, 0.5) is 0 Å². The number of carbonyl (C=O) groups is 1. The van der Waals surface area contributed by atoms with E-state index in [1.54, 1.807) is 24.3 Å². The molecular weight excluding hydrogens is 307 g/mol. The molecular formula is C17H15KO4. The number of ether oxygens (including phenoxy) is 2. The molecule has 0 aliphatic heterocycles. The first-order valence-corrected chi connectivity index (χ1v) is 6.43. The molecule has 0 amide bonds. The molecule has 0 unspecified atom stereocenters. The SMILES string of the molecule is CO/C(=C\c1ccc(OCc2ccccc2)cc1)C(=O)[O-].[K+]. The zero-order chi connectivity index (χ0) is 15.1. The summed E-state index contributed by atoms with van der Waals surface area (Å²) >= 11 is 0. The van der Waals surface area contributed by atoms with Gasteiger partial charge in [-0.05, 0) is 29.3 Å². The van der Waals surface area contributed by atoms with Gasteiger partial charge in [0.2, 0.25) is 0 Å². The minimum Gasteiger partial charge on any atom is -0.542 e. The van der Waals surface area contributed by atoms with Crippen LogP contribution in [0.15, 0.2) is 60.4 Å². The monoisotopic (exact) mass is 322 g/mol. The Morgan fingerprint density at radius 3 is 2.27 bits per heavy atom. The van der Waals surface area contributed by atoms with Crippen LogP contribution in [0.5, 0.6) is 5.75 Å². The average molecular weight is 322 g/mol. The Bertz CT molecular complexity index is 621. The number of carboxylic acid groups (broad SMARTS) is 1. The Morgan fingerprint density at radius 2 is 1.73 bits per heavy atom. The van der Waals surface area contributed by atoms with E-state index in [1.165, 1.54) is 13.2 Å². The molecule has 0 aliphatic rings. The minimum atomic E-state index is -1.35. The normalized spacial score (nSPS) is 10.5. The first-order valence-electron chi connectivity index (χ1n) is 6.43. The van der Waals surface area contributed by atoms with Gasteiger partial charge < -0.3 is 19.4 Å². The van der Waals surface area contributed by atoms with E-state index in [1.807, 2.05) is 30.3 Å². The molecule has 0 saturated carbocycles. The predicted molar refractivity (Wildman–Crippen MR) is 77.2 cm³/mol. The Hall–Kier alpha value is -1.11. The van der Waals surface area contributed by atoms with Crippen LogP contribution in [-0.2, 0) is 16.1 Å². The molecule has 0 aromatic heterocycles. The molecule has 5 heteroatoms. The van der Waals surface area contributed by atoms with Gasteiger partial charge in [0.05, 0.1) is 7.11 Å². The fourth-order valence-corrected chi connectivity index (χ4v) is 1.75. The van der Waals surface area contributed by atoms with E-state index in [0.29, 0.717) is 17.9 Å². The van der Waals surface area contributed by atoms with Crippen LogP contribution in [-0.4, -0.2) is 13.1 Å². The number of hydrogen-bond donors (Lipinski definition) is 0. The second kappa shape index (κ2) is 9.81. The molecule has 2 rings (SSSR count). The summed E-state index contributed by atoms with van der Waals surface area (Å²) in [5.74, 6) is -0.849. The Kier molecular flexibility index (Phi) is 8.45. The topological polar surface area (TPSA) is 58.6 Å². The summed E-state index contributed by atoms with van der Waals surface area (Å²) in [4.78, 5) is 10.7. The first kappa shape index (κ1) is 18.9. The maximum Gasteiger partial charge on any atom is 1.00 e. The molecule has 0 heterocycles. The second-order valence-corrected chi connectivity index (χ2v) is 4.34. The van der Waals surface area contributed by atoms with Crippen molar-refractivity contribution < 1.29 is 70.8 Å². The van der Waals surface area contributed by atoms with Gasteiger partial charge in [-0.2, -0.15) is 0 Å². The van der Waals surface area contributed by atoms with Crippen LogP contribution in [0.3, 0.4) is 0 Å². The maximum atomic E-state index is 10.7. The minimum absolute atomic E-state index is 0. The molecule has 2 aromatic carbocycles. The van der Waals surface area contributed by atoms with E-state index in [2.05, 4.69) is 0 Å². The van der Waals surface area contributed by atoms with Crippen LogP contribution >= 0.6 is 0 Å². The van der Waals surface area contributed by atoms with Crippen molar-refractivity contribution in [2.45, 2.75) is 6.61 Å². The summed E-state index contributed by atoms with van der Waals surface area (Å²) < 4.78 is 10.4. The third-order valence-corrected chi connectivity index (χ3v) is 2.85. The van der Waals surface area contributed by atoms with Crippen molar-refractivity contribution in [1.29, 1.82) is 0 Å².